The lowest BCUT2D eigenvalue weighted by atomic mass is 10.2. The van der Waals surface area contributed by atoms with Crippen LogP contribution in [-0.4, -0.2) is 9.78 Å². The summed E-state index contributed by atoms with van der Waals surface area (Å²) in [6.45, 7) is 0. The summed E-state index contributed by atoms with van der Waals surface area (Å²) < 4.78 is 2.93. The fraction of sp³-hybridized carbons (Fsp3) is 0. The van der Waals surface area contributed by atoms with Gasteiger partial charge in [-0.2, -0.15) is 5.10 Å². The first kappa shape index (κ1) is 10.4. The zero-order valence-corrected chi connectivity index (χ0v) is 10.6. The Kier molecular flexibility index (Phi) is 2.37. The minimum atomic E-state index is 0.754. The maximum absolute atomic E-state index is 5.68. The molecule has 0 aliphatic heterocycles. The number of nitrogens with zero attached hydrogens (tertiary/aromatic N) is 2. The largest absolute Gasteiger partial charge is 0.399 e. The minimum Gasteiger partial charge on any atom is -0.399 e. The molecule has 0 saturated carbocycles. The molecule has 4 heteroatoms. The molecule has 0 saturated heterocycles. The van der Waals surface area contributed by atoms with E-state index in [1.165, 1.54) is 0 Å². The summed E-state index contributed by atoms with van der Waals surface area (Å²) in [6, 6.07) is 13.7. The van der Waals surface area contributed by atoms with E-state index in [1.54, 1.807) is 0 Å². The number of nitrogens with two attached hydrogens (primary N) is 1. The highest BCUT2D eigenvalue weighted by molar-refractivity contribution is 9.10. The van der Waals surface area contributed by atoms with Crippen LogP contribution in [0.5, 0.6) is 0 Å². The van der Waals surface area contributed by atoms with E-state index in [2.05, 4.69) is 21.0 Å². The Bertz CT molecular complexity index is 671. The molecule has 0 radical (unpaired) electrons. The second-order valence-electron chi connectivity index (χ2n) is 3.83. The average Bonchev–Trinajstić information content (AvgIpc) is 2.75. The molecule has 3 aromatic rings. The number of hydrogen-bond acceptors (Lipinski definition) is 2. The van der Waals surface area contributed by atoms with E-state index in [0.717, 1.165) is 26.8 Å². The zero-order chi connectivity index (χ0) is 11.8. The fourth-order valence-corrected chi connectivity index (χ4v) is 2.40. The number of nitrogen functional groups attached to an aromatic ring is 1. The number of para-hydroxylation sites is 1. The van der Waals surface area contributed by atoms with Gasteiger partial charge >= 0.3 is 0 Å². The van der Waals surface area contributed by atoms with Crippen LogP contribution < -0.4 is 5.73 Å². The van der Waals surface area contributed by atoms with Crippen LogP contribution in [0.1, 0.15) is 0 Å². The normalized spacial score (nSPS) is 10.9. The molecule has 0 atom stereocenters. The molecule has 0 spiro atoms. The van der Waals surface area contributed by atoms with E-state index >= 15 is 0 Å². The smallest absolute Gasteiger partial charge is 0.0882 e. The highest BCUT2D eigenvalue weighted by Crippen LogP contribution is 2.26. The highest BCUT2D eigenvalue weighted by atomic mass is 79.9. The van der Waals surface area contributed by atoms with Gasteiger partial charge < -0.3 is 5.73 Å². The van der Waals surface area contributed by atoms with Gasteiger partial charge in [0.05, 0.1) is 17.4 Å². The van der Waals surface area contributed by atoms with Crippen LogP contribution in [0.25, 0.3) is 16.6 Å². The molecular formula is C13H10BrN3. The standard InChI is InChI=1S/C13H10BrN3/c14-12-3-1-2-9-8-16-17(13(9)12)11-6-4-10(15)5-7-11/h1-8H,15H2. The highest BCUT2D eigenvalue weighted by Gasteiger charge is 2.07. The average molecular weight is 288 g/mol. The first-order valence-corrected chi connectivity index (χ1v) is 6.03. The summed E-state index contributed by atoms with van der Waals surface area (Å²) in [7, 11) is 0. The SMILES string of the molecule is Nc1ccc(-n2ncc3cccc(Br)c32)cc1. The number of anilines is 1. The van der Waals surface area contributed by atoms with Crippen LogP contribution in [0, 0.1) is 0 Å². The summed E-state index contributed by atoms with van der Waals surface area (Å²) in [4.78, 5) is 0. The van der Waals surface area contributed by atoms with Crippen LogP contribution in [0.4, 0.5) is 5.69 Å². The number of benzene rings is 2. The molecule has 84 valence electrons. The van der Waals surface area contributed by atoms with E-state index in [9.17, 15) is 0 Å². The first-order valence-electron chi connectivity index (χ1n) is 5.24. The zero-order valence-electron chi connectivity index (χ0n) is 8.97. The Hall–Kier alpha value is -1.81. The Morgan fingerprint density at radius 2 is 1.82 bits per heavy atom. The molecule has 0 amide bonds. The predicted molar refractivity (Wildman–Crippen MR) is 73.2 cm³/mol. The van der Waals surface area contributed by atoms with E-state index < -0.39 is 0 Å². The predicted octanol–water partition coefficient (Wildman–Crippen LogP) is 3.37. The molecule has 1 aromatic heterocycles. The lowest BCUT2D eigenvalue weighted by Crippen LogP contribution is -1.96. The van der Waals surface area contributed by atoms with Crippen LogP contribution in [-0.2, 0) is 0 Å². The molecule has 0 fully saturated rings. The Morgan fingerprint density at radius 1 is 1.06 bits per heavy atom. The molecule has 17 heavy (non-hydrogen) atoms. The second-order valence-corrected chi connectivity index (χ2v) is 4.68. The van der Waals surface area contributed by atoms with Crippen LogP contribution >= 0.6 is 15.9 Å². The third-order valence-electron chi connectivity index (χ3n) is 2.68. The number of aromatic nitrogens is 2. The molecule has 0 bridgehead atoms. The Morgan fingerprint density at radius 3 is 2.59 bits per heavy atom. The minimum absolute atomic E-state index is 0.754. The van der Waals surface area contributed by atoms with Crippen LogP contribution in [0.3, 0.4) is 0 Å². The number of halogens is 1. The molecule has 0 unspecified atom stereocenters. The monoisotopic (exact) mass is 287 g/mol. The van der Waals surface area contributed by atoms with Gasteiger partial charge in [-0.1, -0.05) is 12.1 Å². The molecule has 3 rings (SSSR count). The van der Waals surface area contributed by atoms with Gasteiger partial charge in [0.25, 0.3) is 0 Å². The lowest BCUT2D eigenvalue weighted by molar-refractivity contribution is 0.909. The maximum Gasteiger partial charge on any atom is 0.0882 e. The topological polar surface area (TPSA) is 43.8 Å². The van der Waals surface area contributed by atoms with Gasteiger partial charge in [0.2, 0.25) is 0 Å². The molecular weight excluding hydrogens is 278 g/mol. The van der Waals surface area contributed by atoms with Gasteiger partial charge in [-0.25, -0.2) is 4.68 Å². The summed E-state index contributed by atoms with van der Waals surface area (Å²) in [5.41, 5.74) is 8.51. The van der Waals surface area contributed by atoms with Crippen LogP contribution in [0.15, 0.2) is 53.1 Å². The van der Waals surface area contributed by atoms with Crippen LogP contribution in [0.2, 0.25) is 0 Å². The Labute approximate surface area is 107 Å². The van der Waals surface area contributed by atoms with Crippen molar-refractivity contribution in [2.24, 2.45) is 0 Å². The van der Waals surface area contributed by atoms with Crippen molar-refractivity contribution in [3.63, 3.8) is 0 Å². The van der Waals surface area contributed by atoms with Crippen molar-refractivity contribution in [3.8, 4) is 5.69 Å². The second kappa shape index (κ2) is 3.89. The van der Waals surface area contributed by atoms with Gasteiger partial charge in [-0.05, 0) is 46.3 Å². The Balaban J connectivity index is 2.27. The quantitative estimate of drug-likeness (QED) is 0.698. The molecule has 0 aliphatic rings. The van der Waals surface area contributed by atoms with Gasteiger partial charge in [0.1, 0.15) is 0 Å². The fourth-order valence-electron chi connectivity index (χ4n) is 1.85. The summed E-state index contributed by atoms with van der Waals surface area (Å²) in [5, 5.41) is 5.51. The number of hydrogen-bond donors (Lipinski definition) is 1. The first-order chi connectivity index (χ1) is 8.25. The van der Waals surface area contributed by atoms with E-state index in [-0.39, 0.29) is 0 Å². The van der Waals surface area contributed by atoms with Crippen molar-refractivity contribution < 1.29 is 0 Å². The third-order valence-corrected chi connectivity index (χ3v) is 3.32. The van der Waals surface area contributed by atoms with Crippen molar-refractivity contribution in [1.82, 2.24) is 9.78 Å². The van der Waals surface area contributed by atoms with Crippen molar-refractivity contribution in [2.45, 2.75) is 0 Å². The lowest BCUT2D eigenvalue weighted by Gasteiger charge is -2.05. The van der Waals surface area contributed by atoms with Gasteiger partial charge in [-0.15, -0.1) is 0 Å². The van der Waals surface area contributed by atoms with Gasteiger partial charge in [-0.3, -0.25) is 0 Å². The van der Waals surface area contributed by atoms with Crippen molar-refractivity contribution in [1.29, 1.82) is 0 Å². The molecule has 2 aromatic carbocycles. The number of rotatable bonds is 1. The molecule has 1 heterocycles. The molecule has 0 aliphatic carbocycles. The molecule has 3 nitrogen and oxygen atoms in total. The number of fused-ring (bicyclic) bond motifs is 1. The van der Waals surface area contributed by atoms with Crippen molar-refractivity contribution in [2.75, 3.05) is 5.73 Å². The molecule has 2 N–H and O–H groups in total. The summed E-state index contributed by atoms with van der Waals surface area (Å²) in [6.07, 6.45) is 1.86. The van der Waals surface area contributed by atoms with E-state index in [0.29, 0.717) is 0 Å². The van der Waals surface area contributed by atoms with Crippen molar-refractivity contribution in [3.05, 3.63) is 53.1 Å². The summed E-state index contributed by atoms with van der Waals surface area (Å²) >= 11 is 3.55. The van der Waals surface area contributed by atoms with Crippen molar-refractivity contribution >= 4 is 32.5 Å². The summed E-state index contributed by atoms with van der Waals surface area (Å²) in [5.74, 6) is 0. The third kappa shape index (κ3) is 1.70. The van der Waals surface area contributed by atoms with E-state index in [4.69, 9.17) is 5.73 Å². The maximum atomic E-state index is 5.68. The van der Waals surface area contributed by atoms with Gasteiger partial charge in [0, 0.05) is 15.5 Å². The van der Waals surface area contributed by atoms with Gasteiger partial charge in [0.15, 0.2) is 0 Å². The van der Waals surface area contributed by atoms with E-state index in [1.807, 2.05) is 53.3 Å².